The van der Waals surface area contributed by atoms with Crippen LogP contribution in [0.1, 0.15) is 18.4 Å². The van der Waals surface area contributed by atoms with Crippen molar-refractivity contribution in [3.05, 3.63) is 32.8 Å². The van der Waals surface area contributed by atoms with E-state index in [2.05, 4.69) is 5.32 Å². The molecule has 1 aliphatic heterocycles. The molecule has 0 aliphatic carbocycles. The van der Waals surface area contributed by atoms with Gasteiger partial charge in [-0.1, -0.05) is 11.6 Å². The summed E-state index contributed by atoms with van der Waals surface area (Å²) in [7, 11) is 0. The van der Waals surface area contributed by atoms with E-state index in [1.54, 1.807) is 6.92 Å². The third-order valence-electron chi connectivity index (χ3n) is 3.36. The summed E-state index contributed by atoms with van der Waals surface area (Å²) in [5, 5.41) is 14.0. The Morgan fingerprint density at radius 2 is 2.10 bits per heavy atom. The lowest BCUT2D eigenvalue weighted by Crippen LogP contribution is -2.33. The summed E-state index contributed by atoms with van der Waals surface area (Å²) in [6.07, 6.45) is 2.09. The van der Waals surface area contributed by atoms with E-state index >= 15 is 0 Å². The van der Waals surface area contributed by atoms with Gasteiger partial charge in [0.2, 0.25) is 5.91 Å². The quantitative estimate of drug-likeness (QED) is 0.684. The van der Waals surface area contributed by atoms with Gasteiger partial charge in [0.1, 0.15) is 0 Å². The second-order valence-electron chi connectivity index (χ2n) is 4.82. The number of nitrogens with zero attached hydrogens (tertiary/aromatic N) is 2. The maximum Gasteiger partial charge on any atom is 0.271 e. The molecule has 0 saturated carbocycles. The molecule has 1 amide bonds. The number of nitro benzene ring substituents is 1. The smallest absolute Gasteiger partial charge is 0.271 e. The predicted molar refractivity (Wildman–Crippen MR) is 77.1 cm³/mol. The molecule has 0 bridgehead atoms. The number of nitro groups is 1. The van der Waals surface area contributed by atoms with Crippen LogP contribution in [0.3, 0.4) is 0 Å². The second kappa shape index (κ2) is 6.09. The first-order valence-corrected chi connectivity index (χ1v) is 6.83. The Balaban J connectivity index is 2.05. The van der Waals surface area contributed by atoms with Gasteiger partial charge in [0.25, 0.3) is 5.69 Å². The van der Waals surface area contributed by atoms with E-state index in [1.807, 2.05) is 4.90 Å². The molecule has 1 aromatic carbocycles. The highest BCUT2D eigenvalue weighted by atomic mass is 35.5. The first kappa shape index (κ1) is 14.6. The Hall–Kier alpha value is -1.82. The van der Waals surface area contributed by atoms with Crippen molar-refractivity contribution in [1.82, 2.24) is 4.90 Å². The summed E-state index contributed by atoms with van der Waals surface area (Å²) >= 11 is 6.03. The third-order valence-corrected chi connectivity index (χ3v) is 3.66. The van der Waals surface area contributed by atoms with Crippen LogP contribution in [-0.4, -0.2) is 35.4 Å². The Morgan fingerprint density at radius 1 is 1.45 bits per heavy atom. The molecule has 1 aliphatic rings. The number of benzene rings is 1. The summed E-state index contributed by atoms with van der Waals surface area (Å²) in [6, 6.07) is 2.73. The van der Waals surface area contributed by atoms with Crippen molar-refractivity contribution in [3.63, 3.8) is 0 Å². The van der Waals surface area contributed by atoms with Crippen molar-refractivity contribution in [1.29, 1.82) is 0 Å². The lowest BCUT2D eigenvalue weighted by molar-refractivity contribution is -0.384. The van der Waals surface area contributed by atoms with Crippen LogP contribution in [-0.2, 0) is 4.79 Å². The Kier molecular flexibility index (Phi) is 4.44. The monoisotopic (exact) mass is 297 g/mol. The van der Waals surface area contributed by atoms with E-state index in [-0.39, 0.29) is 23.2 Å². The fraction of sp³-hybridized carbons (Fsp3) is 0.462. The molecule has 1 fully saturated rings. The highest BCUT2D eigenvalue weighted by Crippen LogP contribution is 2.30. The van der Waals surface area contributed by atoms with E-state index in [1.165, 1.54) is 12.1 Å². The summed E-state index contributed by atoms with van der Waals surface area (Å²) in [4.78, 5) is 24.0. The number of halogens is 1. The van der Waals surface area contributed by atoms with Gasteiger partial charge in [-0.25, -0.2) is 0 Å². The molecule has 0 unspecified atom stereocenters. The average molecular weight is 298 g/mol. The molecular weight excluding hydrogens is 282 g/mol. The van der Waals surface area contributed by atoms with E-state index < -0.39 is 4.92 Å². The van der Waals surface area contributed by atoms with Crippen LogP contribution >= 0.6 is 11.6 Å². The number of carbonyl (C=O) groups is 1. The number of hydrogen-bond donors (Lipinski definition) is 1. The van der Waals surface area contributed by atoms with Crippen molar-refractivity contribution in [3.8, 4) is 0 Å². The van der Waals surface area contributed by atoms with Gasteiger partial charge in [0, 0.05) is 25.2 Å². The molecule has 6 nitrogen and oxygen atoms in total. The summed E-state index contributed by atoms with van der Waals surface area (Å²) in [5.41, 5.74) is 1.17. The van der Waals surface area contributed by atoms with Crippen LogP contribution < -0.4 is 5.32 Å². The first-order valence-electron chi connectivity index (χ1n) is 6.45. The number of amides is 1. The number of likely N-dealkylation sites (tertiary alicyclic amines) is 1. The van der Waals surface area contributed by atoms with Crippen molar-refractivity contribution in [2.24, 2.45) is 0 Å². The number of non-ortho nitro benzene ring substituents is 1. The van der Waals surface area contributed by atoms with Crippen molar-refractivity contribution in [2.75, 3.05) is 25.0 Å². The minimum atomic E-state index is -0.488. The molecule has 1 heterocycles. The molecule has 0 spiro atoms. The van der Waals surface area contributed by atoms with E-state index in [0.717, 1.165) is 25.9 Å². The molecule has 0 aromatic heterocycles. The Labute approximate surface area is 121 Å². The number of nitrogens with one attached hydrogen (secondary N) is 1. The minimum absolute atomic E-state index is 0.0244. The Morgan fingerprint density at radius 3 is 2.65 bits per heavy atom. The van der Waals surface area contributed by atoms with Gasteiger partial charge in [0.15, 0.2) is 0 Å². The van der Waals surface area contributed by atoms with Gasteiger partial charge >= 0.3 is 0 Å². The fourth-order valence-corrected chi connectivity index (χ4v) is 2.63. The number of rotatable bonds is 4. The zero-order chi connectivity index (χ0) is 14.7. The number of hydrogen-bond acceptors (Lipinski definition) is 4. The molecule has 20 heavy (non-hydrogen) atoms. The summed E-state index contributed by atoms with van der Waals surface area (Å²) < 4.78 is 0. The van der Waals surface area contributed by atoms with Gasteiger partial charge in [-0.05, 0) is 25.3 Å². The van der Waals surface area contributed by atoms with Crippen LogP contribution in [0.15, 0.2) is 12.1 Å². The standard InChI is InChI=1S/C13H16ClN3O3/c1-9-6-10(17(19)20)7-11(14)13(9)15-8-12(18)16-4-2-3-5-16/h6-7,15H,2-5,8H2,1H3. The highest BCUT2D eigenvalue weighted by molar-refractivity contribution is 6.33. The number of aryl methyl sites for hydroxylation is 1. The fourth-order valence-electron chi connectivity index (χ4n) is 2.30. The normalized spacial score (nSPS) is 14.4. The molecule has 1 aromatic rings. The number of anilines is 1. The molecule has 1 N–H and O–H groups in total. The highest BCUT2D eigenvalue weighted by Gasteiger charge is 2.19. The molecule has 0 atom stereocenters. The molecule has 0 radical (unpaired) electrons. The van der Waals surface area contributed by atoms with E-state index in [0.29, 0.717) is 11.3 Å². The lowest BCUT2D eigenvalue weighted by atomic mass is 10.1. The molecule has 7 heteroatoms. The van der Waals surface area contributed by atoms with E-state index in [9.17, 15) is 14.9 Å². The summed E-state index contributed by atoms with van der Waals surface area (Å²) in [6.45, 7) is 3.47. The third kappa shape index (κ3) is 3.19. The average Bonchev–Trinajstić information content (AvgIpc) is 2.91. The van der Waals surface area contributed by atoms with E-state index in [4.69, 9.17) is 11.6 Å². The van der Waals surface area contributed by atoms with Gasteiger partial charge in [-0.3, -0.25) is 14.9 Å². The summed E-state index contributed by atoms with van der Waals surface area (Å²) in [5.74, 6) is 0.0244. The largest absolute Gasteiger partial charge is 0.375 e. The zero-order valence-electron chi connectivity index (χ0n) is 11.2. The maximum absolute atomic E-state index is 11.9. The SMILES string of the molecule is Cc1cc([N+](=O)[O-])cc(Cl)c1NCC(=O)N1CCCC1. The molecule has 108 valence electrons. The van der Waals surface area contributed by atoms with Crippen molar-refractivity contribution in [2.45, 2.75) is 19.8 Å². The predicted octanol–water partition coefficient (Wildman–Crippen LogP) is 2.59. The van der Waals surface area contributed by atoms with Gasteiger partial charge in [-0.15, -0.1) is 0 Å². The second-order valence-corrected chi connectivity index (χ2v) is 5.23. The zero-order valence-corrected chi connectivity index (χ0v) is 11.9. The lowest BCUT2D eigenvalue weighted by Gasteiger charge is -2.17. The first-order chi connectivity index (χ1) is 9.49. The van der Waals surface area contributed by atoms with Crippen molar-refractivity contribution < 1.29 is 9.72 Å². The van der Waals surface area contributed by atoms with Gasteiger partial charge in [-0.2, -0.15) is 0 Å². The Bertz CT molecular complexity index is 519. The van der Waals surface area contributed by atoms with Gasteiger partial charge < -0.3 is 10.2 Å². The molecule has 2 rings (SSSR count). The van der Waals surface area contributed by atoms with Crippen LogP contribution in [0, 0.1) is 17.0 Å². The molecule has 1 saturated heterocycles. The maximum atomic E-state index is 11.9. The van der Waals surface area contributed by atoms with Crippen LogP contribution in [0.5, 0.6) is 0 Å². The van der Waals surface area contributed by atoms with Gasteiger partial charge in [0.05, 0.1) is 22.2 Å². The number of carbonyl (C=O) groups excluding carboxylic acids is 1. The minimum Gasteiger partial charge on any atom is -0.375 e. The van der Waals surface area contributed by atoms with Crippen LogP contribution in [0.2, 0.25) is 5.02 Å². The van der Waals surface area contributed by atoms with Crippen LogP contribution in [0.4, 0.5) is 11.4 Å². The van der Waals surface area contributed by atoms with Crippen LogP contribution in [0.25, 0.3) is 0 Å². The topological polar surface area (TPSA) is 75.5 Å². The molecular formula is C13H16ClN3O3. The van der Waals surface area contributed by atoms with Crippen molar-refractivity contribution >= 4 is 28.9 Å².